The Balaban J connectivity index is 1.46. The van der Waals surface area contributed by atoms with Gasteiger partial charge in [-0.3, -0.25) is 4.90 Å². The number of nitrogens with zero attached hydrogens (tertiary/aromatic N) is 3. The van der Waals surface area contributed by atoms with Crippen LogP contribution in [0.2, 0.25) is 0 Å². The van der Waals surface area contributed by atoms with Crippen LogP contribution in [-0.2, 0) is 4.74 Å². The van der Waals surface area contributed by atoms with Crippen LogP contribution in [0.5, 0.6) is 11.5 Å². The average molecular weight is 378 g/mol. The predicted octanol–water partition coefficient (Wildman–Crippen LogP) is 0.868. The normalized spacial score (nSPS) is 18.3. The molecule has 0 atom stereocenters. The van der Waals surface area contributed by atoms with Gasteiger partial charge >= 0.3 is 6.03 Å². The van der Waals surface area contributed by atoms with Gasteiger partial charge in [0.25, 0.3) is 0 Å². The van der Waals surface area contributed by atoms with Crippen LogP contribution in [0.1, 0.15) is 0 Å². The van der Waals surface area contributed by atoms with Crippen molar-refractivity contribution in [3.05, 3.63) is 18.2 Å². The number of piperazine rings is 1. The summed E-state index contributed by atoms with van der Waals surface area (Å²) in [6.07, 6.45) is 0. The van der Waals surface area contributed by atoms with Gasteiger partial charge in [0, 0.05) is 58.4 Å². The number of urea groups is 1. The number of anilines is 1. The molecular formula is C19H30N4O4. The molecule has 8 nitrogen and oxygen atoms in total. The highest BCUT2D eigenvalue weighted by atomic mass is 16.5. The second-order valence-corrected chi connectivity index (χ2v) is 6.70. The van der Waals surface area contributed by atoms with E-state index in [2.05, 4.69) is 15.1 Å². The minimum Gasteiger partial charge on any atom is -0.497 e. The van der Waals surface area contributed by atoms with Crippen LogP contribution in [-0.4, -0.2) is 95.6 Å². The van der Waals surface area contributed by atoms with Crippen LogP contribution in [0, 0.1) is 0 Å². The first-order valence-electron chi connectivity index (χ1n) is 9.51. The van der Waals surface area contributed by atoms with Gasteiger partial charge in [0.1, 0.15) is 11.5 Å². The number of carbonyl (C=O) groups is 1. The second-order valence-electron chi connectivity index (χ2n) is 6.70. The fourth-order valence-electron chi connectivity index (χ4n) is 3.45. The first-order valence-corrected chi connectivity index (χ1v) is 9.51. The molecule has 1 aromatic carbocycles. The standard InChI is InChI=1S/C19H30N4O4/c1-25-16-3-4-18(26-2)17(15-16)22-7-9-23(10-8-22)19(24)20-5-6-21-11-13-27-14-12-21/h3-4,15H,5-14H2,1-2H3,(H,20,24). The van der Waals surface area contributed by atoms with Crippen LogP contribution >= 0.6 is 0 Å². The van der Waals surface area contributed by atoms with Crippen LogP contribution < -0.4 is 19.7 Å². The van der Waals surface area contributed by atoms with Crippen LogP contribution in [0.25, 0.3) is 0 Å². The Morgan fingerprint density at radius 2 is 1.81 bits per heavy atom. The number of hydrogen-bond acceptors (Lipinski definition) is 6. The topological polar surface area (TPSA) is 66.5 Å². The van der Waals surface area contributed by atoms with Gasteiger partial charge < -0.3 is 29.3 Å². The van der Waals surface area contributed by atoms with E-state index in [-0.39, 0.29) is 6.03 Å². The number of benzene rings is 1. The van der Waals surface area contributed by atoms with Crippen LogP contribution in [0.3, 0.4) is 0 Å². The minimum absolute atomic E-state index is 0.0144. The van der Waals surface area contributed by atoms with Crippen molar-refractivity contribution in [3.8, 4) is 11.5 Å². The number of methoxy groups -OCH3 is 2. The monoisotopic (exact) mass is 378 g/mol. The number of morpholine rings is 1. The van der Waals surface area contributed by atoms with Gasteiger partial charge in [-0.15, -0.1) is 0 Å². The summed E-state index contributed by atoms with van der Waals surface area (Å²) in [6.45, 7) is 7.88. The van der Waals surface area contributed by atoms with E-state index in [9.17, 15) is 4.79 Å². The quantitative estimate of drug-likeness (QED) is 0.792. The molecule has 2 amide bonds. The molecule has 3 rings (SSSR count). The fraction of sp³-hybridized carbons (Fsp3) is 0.632. The first kappa shape index (κ1) is 19.6. The molecule has 0 unspecified atom stereocenters. The predicted molar refractivity (Wildman–Crippen MR) is 104 cm³/mol. The highest BCUT2D eigenvalue weighted by Crippen LogP contribution is 2.32. The molecular weight excluding hydrogens is 348 g/mol. The number of carbonyl (C=O) groups excluding carboxylic acids is 1. The van der Waals surface area contributed by atoms with Gasteiger partial charge in [-0.05, 0) is 12.1 Å². The number of rotatable bonds is 6. The van der Waals surface area contributed by atoms with Crippen molar-refractivity contribution in [2.75, 3.05) is 84.7 Å². The molecule has 0 saturated carbocycles. The lowest BCUT2D eigenvalue weighted by molar-refractivity contribution is 0.0386. The van der Waals surface area contributed by atoms with E-state index in [0.29, 0.717) is 19.6 Å². The van der Waals surface area contributed by atoms with E-state index in [4.69, 9.17) is 14.2 Å². The molecule has 1 aromatic rings. The molecule has 0 radical (unpaired) electrons. The molecule has 0 aliphatic carbocycles. The summed E-state index contributed by atoms with van der Waals surface area (Å²) >= 11 is 0. The molecule has 0 bridgehead atoms. The molecule has 2 heterocycles. The van der Waals surface area contributed by atoms with E-state index in [1.807, 2.05) is 23.1 Å². The number of hydrogen-bond donors (Lipinski definition) is 1. The number of amides is 2. The third-order valence-corrected chi connectivity index (χ3v) is 5.10. The Labute approximate surface area is 160 Å². The molecule has 0 spiro atoms. The molecule has 2 aliphatic heterocycles. The van der Waals surface area contributed by atoms with Crippen molar-refractivity contribution < 1.29 is 19.0 Å². The highest BCUT2D eigenvalue weighted by Gasteiger charge is 2.23. The van der Waals surface area contributed by atoms with E-state index < -0.39 is 0 Å². The minimum atomic E-state index is 0.0144. The zero-order valence-corrected chi connectivity index (χ0v) is 16.3. The lowest BCUT2D eigenvalue weighted by Crippen LogP contribution is -2.53. The van der Waals surface area contributed by atoms with Crippen molar-refractivity contribution in [1.82, 2.24) is 15.1 Å². The molecule has 0 aromatic heterocycles. The van der Waals surface area contributed by atoms with Crippen LogP contribution in [0.4, 0.5) is 10.5 Å². The molecule has 150 valence electrons. The third kappa shape index (κ3) is 5.17. The Morgan fingerprint density at radius 3 is 2.48 bits per heavy atom. The second kappa shape index (κ2) is 9.66. The highest BCUT2D eigenvalue weighted by molar-refractivity contribution is 5.74. The van der Waals surface area contributed by atoms with Crippen molar-refractivity contribution in [2.24, 2.45) is 0 Å². The van der Waals surface area contributed by atoms with Gasteiger partial charge in [-0.1, -0.05) is 0 Å². The molecule has 2 aliphatic rings. The van der Waals surface area contributed by atoms with E-state index in [1.54, 1.807) is 14.2 Å². The molecule has 2 saturated heterocycles. The summed E-state index contributed by atoms with van der Waals surface area (Å²) < 4.78 is 16.2. The Hall–Kier alpha value is -2.19. The largest absolute Gasteiger partial charge is 0.497 e. The zero-order chi connectivity index (χ0) is 19.1. The van der Waals surface area contributed by atoms with Crippen molar-refractivity contribution in [3.63, 3.8) is 0 Å². The average Bonchev–Trinajstić information content (AvgIpc) is 2.74. The molecule has 1 N–H and O–H groups in total. The van der Waals surface area contributed by atoms with Gasteiger partial charge in [-0.25, -0.2) is 4.79 Å². The van der Waals surface area contributed by atoms with Gasteiger partial charge in [0.2, 0.25) is 0 Å². The summed E-state index contributed by atoms with van der Waals surface area (Å²) in [4.78, 5) is 18.8. The summed E-state index contributed by atoms with van der Waals surface area (Å²) in [5.74, 6) is 1.62. The maximum Gasteiger partial charge on any atom is 0.317 e. The summed E-state index contributed by atoms with van der Waals surface area (Å²) in [5, 5.41) is 3.04. The van der Waals surface area contributed by atoms with Gasteiger partial charge in [0.15, 0.2) is 0 Å². The van der Waals surface area contributed by atoms with Gasteiger partial charge in [0.05, 0.1) is 33.1 Å². The Bertz CT molecular complexity index is 614. The maximum absolute atomic E-state index is 12.4. The van der Waals surface area contributed by atoms with Crippen molar-refractivity contribution in [2.45, 2.75) is 0 Å². The Kier molecular flexibility index (Phi) is 7.00. The van der Waals surface area contributed by atoms with E-state index in [0.717, 1.165) is 63.1 Å². The fourth-order valence-corrected chi connectivity index (χ4v) is 3.45. The molecule has 27 heavy (non-hydrogen) atoms. The lowest BCUT2D eigenvalue weighted by atomic mass is 10.2. The lowest BCUT2D eigenvalue weighted by Gasteiger charge is -2.36. The van der Waals surface area contributed by atoms with E-state index >= 15 is 0 Å². The van der Waals surface area contributed by atoms with Crippen LogP contribution in [0.15, 0.2) is 18.2 Å². The number of nitrogens with one attached hydrogen (secondary N) is 1. The molecule has 8 heteroatoms. The molecule has 2 fully saturated rings. The van der Waals surface area contributed by atoms with Gasteiger partial charge in [-0.2, -0.15) is 0 Å². The Morgan fingerprint density at radius 1 is 1.07 bits per heavy atom. The SMILES string of the molecule is COc1ccc(OC)c(N2CCN(C(=O)NCCN3CCOCC3)CC2)c1. The maximum atomic E-state index is 12.4. The third-order valence-electron chi connectivity index (χ3n) is 5.10. The zero-order valence-electron chi connectivity index (χ0n) is 16.3. The summed E-state index contributed by atoms with van der Waals surface area (Å²) in [6, 6.07) is 5.80. The summed E-state index contributed by atoms with van der Waals surface area (Å²) in [7, 11) is 3.33. The van der Waals surface area contributed by atoms with Crippen molar-refractivity contribution in [1.29, 1.82) is 0 Å². The number of ether oxygens (including phenoxy) is 3. The van der Waals surface area contributed by atoms with Crippen molar-refractivity contribution >= 4 is 11.7 Å². The van der Waals surface area contributed by atoms with E-state index in [1.165, 1.54) is 0 Å². The first-order chi connectivity index (χ1) is 13.2. The summed E-state index contributed by atoms with van der Waals surface area (Å²) in [5.41, 5.74) is 1.00. The smallest absolute Gasteiger partial charge is 0.317 e.